The molecule has 1 atom stereocenters. The highest BCUT2D eigenvalue weighted by molar-refractivity contribution is 14.1. The number of allylic oxidation sites excluding steroid dienone is 2. The van der Waals surface area contributed by atoms with Crippen molar-refractivity contribution in [3.63, 3.8) is 0 Å². The molecule has 0 spiro atoms. The Hall–Kier alpha value is 0.520. The molecule has 1 aliphatic carbocycles. The van der Waals surface area contributed by atoms with E-state index in [0.29, 0.717) is 11.9 Å². The Kier molecular flexibility index (Phi) is 2.82. The molecule has 0 aromatic rings. The summed E-state index contributed by atoms with van der Waals surface area (Å²) >= 11 is 9.80. The van der Waals surface area contributed by atoms with Gasteiger partial charge in [0.25, 0.3) is 0 Å². The average Bonchev–Trinajstić information content (AvgIpc) is 2.46. The van der Waals surface area contributed by atoms with Crippen LogP contribution in [0.4, 0.5) is 0 Å². The number of hydrogen-bond donors (Lipinski definition) is 0. The Morgan fingerprint density at radius 1 is 1.67 bits per heavy atom. The van der Waals surface area contributed by atoms with Gasteiger partial charge in [-0.05, 0) is 32.2 Å². The van der Waals surface area contributed by atoms with E-state index < -0.39 is 0 Å². The maximum atomic E-state index is 5.71. The Morgan fingerprint density at radius 2 is 2.50 bits per heavy atom. The summed E-state index contributed by atoms with van der Waals surface area (Å²) < 4.78 is 1.38. The third kappa shape index (κ3) is 1.72. The monoisotopic (exact) mass is 311 g/mol. The Morgan fingerprint density at radius 3 is 3.25 bits per heavy atom. The molecule has 1 nitrogen and oxygen atoms in total. The molecule has 0 aromatic heterocycles. The summed E-state index contributed by atoms with van der Waals surface area (Å²) in [4.78, 5) is 5.87. The molecule has 12 heavy (non-hydrogen) atoms. The van der Waals surface area contributed by atoms with Gasteiger partial charge in [0, 0.05) is 11.3 Å². The van der Waals surface area contributed by atoms with Crippen LogP contribution in [0.3, 0.4) is 0 Å². The molecule has 0 amide bonds. The van der Waals surface area contributed by atoms with E-state index in [2.05, 4.69) is 39.7 Å². The van der Waals surface area contributed by atoms with Gasteiger partial charge in [-0.2, -0.15) is 0 Å². The second-order valence-corrected chi connectivity index (χ2v) is 5.46. The molecule has 0 aromatic carbocycles. The Labute approximate surface area is 94.5 Å². The van der Waals surface area contributed by atoms with Gasteiger partial charge in [0.1, 0.15) is 0 Å². The zero-order chi connectivity index (χ0) is 8.55. The molecule has 0 radical (unpaired) electrons. The van der Waals surface area contributed by atoms with Crippen molar-refractivity contribution < 1.29 is 0 Å². The highest BCUT2D eigenvalue weighted by atomic mass is 127. The molecule has 0 bridgehead atoms. The zero-order valence-electron chi connectivity index (χ0n) is 6.26. The van der Waals surface area contributed by atoms with Crippen molar-refractivity contribution >= 4 is 51.0 Å². The van der Waals surface area contributed by atoms with Crippen LogP contribution < -0.4 is 0 Å². The predicted molar refractivity (Wildman–Crippen MR) is 64.3 cm³/mol. The van der Waals surface area contributed by atoms with E-state index in [9.17, 15) is 0 Å². The number of nitrogens with zero attached hydrogens (tertiary/aromatic N) is 1. The highest BCUT2D eigenvalue weighted by Crippen LogP contribution is 2.38. The first-order chi connectivity index (χ1) is 5.79. The lowest BCUT2D eigenvalue weighted by atomic mass is 10.1. The predicted octanol–water partition coefficient (Wildman–Crippen LogP) is 3.35. The molecule has 64 valence electrons. The first kappa shape index (κ1) is 9.09. The van der Waals surface area contributed by atoms with E-state index in [4.69, 9.17) is 11.6 Å². The van der Waals surface area contributed by atoms with E-state index in [1.165, 1.54) is 8.48 Å². The number of aliphatic imine (C=N–C) groups is 1. The number of thioether (sulfide) groups is 1. The lowest BCUT2D eigenvalue weighted by Gasteiger charge is -2.11. The fourth-order valence-electron chi connectivity index (χ4n) is 1.25. The smallest absolute Gasteiger partial charge is 0.0877 e. The van der Waals surface area contributed by atoms with Gasteiger partial charge in [0.15, 0.2) is 0 Å². The summed E-state index contributed by atoms with van der Waals surface area (Å²) in [6.45, 7) is 0. The maximum Gasteiger partial charge on any atom is 0.0877 e. The molecule has 4 heteroatoms. The van der Waals surface area contributed by atoms with Crippen molar-refractivity contribution in [2.45, 2.75) is 12.5 Å². The van der Waals surface area contributed by atoms with Crippen LogP contribution in [0, 0.1) is 0 Å². The van der Waals surface area contributed by atoms with Crippen LogP contribution in [0.15, 0.2) is 25.6 Å². The molecule has 0 saturated carbocycles. The summed E-state index contributed by atoms with van der Waals surface area (Å²) in [5.74, 6) is 0.551. The highest BCUT2D eigenvalue weighted by Gasteiger charge is 2.25. The summed E-state index contributed by atoms with van der Waals surface area (Å²) in [6.07, 6.45) is 5.37. The zero-order valence-corrected chi connectivity index (χ0v) is 9.99. The van der Waals surface area contributed by atoms with E-state index in [1.54, 1.807) is 11.8 Å². The molecular weight excluding hydrogens is 305 g/mol. The van der Waals surface area contributed by atoms with Crippen LogP contribution in [-0.2, 0) is 0 Å². The molecule has 0 saturated heterocycles. The lowest BCUT2D eigenvalue weighted by molar-refractivity contribution is 0.822. The summed E-state index contributed by atoms with van der Waals surface area (Å²) in [7, 11) is 0. The average molecular weight is 312 g/mol. The van der Waals surface area contributed by atoms with Crippen molar-refractivity contribution in [1.82, 2.24) is 0 Å². The fourth-order valence-corrected chi connectivity index (χ4v) is 2.99. The third-order valence-corrected chi connectivity index (χ3v) is 4.14. The van der Waals surface area contributed by atoms with Gasteiger partial charge >= 0.3 is 0 Å². The number of halogens is 2. The molecular formula is C8H7ClINS. The van der Waals surface area contributed by atoms with Crippen LogP contribution in [-0.4, -0.2) is 17.0 Å². The van der Waals surface area contributed by atoms with Gasteiger partial charge in [-0.25, -0.2) is 0 Å². The van der Waals surface area contributed by atoms with Gasteiger partial charge < -0.3 is 0 Å². The summed E-state index contributed by atoms with van der Waals surface area (Å²) in [5.41, 5.74) is 0. The molecule has 2 rings (SSSR count). The summed E-state index contributed by atoms with van der Waals surface area (Å²) in [6, 6.07) is 0.376. The number of hydrogen-bond acceptors (Lipinski definition) is 2. The number of fused-ring (bicyclic) bond motifs is 1. The first-order valence-electron chi connectivity index (χ1n) is 3.66. The second kappa shape index (κ2) is 3.72. The van der Waals surface area contributed by atoms with E-state index in [-0.39, 0.29) is 0 Å². The molecule has 1 heterocycles. The van der Waals surface area contributed by atoms with Crippen molar-refractivity contribution in [3.05, 3.63) is 20.6 Å². The molecule has 1 unspecified atom stereocenters. The van der Waals surface area contributed by atoms with Crippen molar-refractivity contribution in [1.29, 1.82) is 0 Å². The van der Waals surface area contributed by atoms with Crippen LogP contribution >= 0.6 is 46.0 Å². The maximum absolute atomic E-state index is 5.71. The minimum absolute atomic E-state index is 0.376. The molecule has 0 fully saturated rings. The van der Waals surface area contributed by atoms with E-state index in [1.807, 2.05) is 0 Å². The number of alkyl halides is 1. The van der Waals surface area contributed by atoms with E-state index in [0.717, 1.165) is 11.5 Å². The van der Waals surface area contributed by atoms with Crippen LogP contribution in [0.1, 0.15) is 6.42 Å². The second-order valence-electron chi connectivity index (χ2n) is 2.66. The normalized spacial score (nSPS) is 27.5. The number of rotatable bonds is 1. The standard InChI is InChI=1S/C8H7ClINS/c9-4-8-11-6-3-5(10)1-2-7(6)12-8/h1-2,6H,3-4H2. The van der Waals surface area contributed by atoms with Gasteiger partial charge in [0.05, 0.1) is 17.0 Å². The van der Waals surface area contributed by atoms with Crippen LogP contribution in [0.2, 0.25) is 0 Å². The van der Waals surface area contributed by atoms with Crippen LogP contribution in [0.25, 0.3) is 0 Å². The van der Waals surface area contributed by atoms with E-state index >= 15 is 0 Å². The van der Waals surface area contributed by atoms with Crippen LogP contribution in [0.5, 0.6) is 0 Å². The third-order valence-electron chi connectivity index (χ3n) is 1.80. The minimum Gasteiger partial charge on any atom is -0.272 e. The lowest BCUT2D eigenvalue weighted by Crippen LogP contribution is -2.04. The largest absolute Gasteiger partial charge is 0.272 e. The SMILES string of the molecule is ClCC1=NC2CC(I)=CC=C2S1. The van der Waals surface area contributed by atoms with Crippen molar-refractivity contribution in [2.75, 3.05) is 5.88 Å². The topological polar surface area (TPSA) is 12.4 Å². The van der Waals surface area contributed by atoms with Gasteiger partial charge in [-0.3, -0.25) is 4.99 Å². The Balaban J connectivity index is 2.20. The van der Waals surface area contributed by atoms with Crippen molar-refractivity contribution in [2.24, 2.45) is 4.99 Å². The van der Waals surface area contributed by atoms with Gasteiger partial charge in [-0.1, -0.05) is 17.8 Å². The van der Waals surface area contributed by atoms with Crippen molar-refractivity contribution in [3.8, 4) is 0 Å². The van der Waals surface area contributed by atoms with Gasteiger partial charge in [-0.15, -0.1) is 11.6 Å². The summed E-state index contributed by atoms with van der Waals surface area (Å²) in [5, 5.41) is 1.06. The molecule has 1 aliphatic heterocycles. The quantitative estimate of drug-likeness (QED) is 0.534. The molecule has 0 N–H and O–H groups in total. The Bertz CT molecular complexity index is 295. The molecule has 2 aliphatic rings. The van der Waals surface area contributed by atoms with Gasteiger partial charge in [0.2, 0.25) is 0 Å². The first-order valence-corrected chi connectivity index (χ1v) is 6.09. The minimum atomic E-state index is 0.376. The fraction of sp³-hybridized carbons (Fsp3) is 0.375.